The molecule has 118 valence electrons. The molecule has 2 aliphatic carbocycles. The Morgan fingerprint density at radius 3 is 2.65 bits per heavy atom. The Labute approximate surface area is 140 Å². The van der Waals surface area contributed by atoms with Crippen LogP contribution in [0.1, 0.15) is 36.9 Å². The highest BCUT2D eigenvalue weighted by molar-refractivity contribution is 7.98. The molecule has 1 aliphatic heterocycles. The normalized spacial score (nSPS) is 22.1. The number of carbonyl (C=O) groups is 1. The second kappa shape index (κ2) is 5.38. The van der Waals surface area contributed by atoms with E-state index in [1.165, 1.54) is 37.4 Å². The molecular weight excluding hydrogens is 306 g/mol. The zero-order chi connectivity index (χ0) is 16.0. The predicted octanol–water partition coefficient (Wildman–Crippen LogP) is 2.54. The Morgan fingerprint density at radius 1 is 1.30 bits per heavy atom. The first kappa shape index (κ1) is 14.8. The zero-order valence-electron chi connectivity index (χ0n) is 13.3. The van der Waals surface area contributed by atoms with Gasteiger partial charge >= 0.3 is 0 Å². The van der Waals surface area contributed by atoms with E-state index >= 15 is 0 Å². The summed E-state index contributed by atoms with van der Waals surface area (Å²) in [7, 11) is 0. The van der Waals surface area contributed by atoms with Gasteiger partial charge in [0.2, 0.25) is 0 Å². The standard InChI is InChI=1S/C18H19N3OS/c1-3-13-14(22)10-12-11-19-17(23-2)20-15(12)16(13)21-8-6-18(4-5-18)7-9-21/h1,11H,4-10H2,2H3. The average molecular weight is 325 g/mol. The molecule has 0 amide bonds. The van der Waals surface area contributed by atoms with Crippen LogP contribution in [0.25, 0.3) is 5.70 Å². The summed E-state index contributed by atoms with van der Waals surface area (Å²) < 4.78 is 0. The summed E-state index contributed by atoms with van der Waals surface area (Å²) >= 11 is 1.51. The van der Waals surface area contributed by atoms with Crippen LogP contribution in [0, 0.1) is 17.8 Å². The lowest BCUT2D eigenvalue weighted by atomic mass is 9.88. The van der Waals surface area contributed by atoms with E-state index in [1.54, 1.807) is 6.20 Å². The number of piperidine rings is 1. The fourth-order valence-corrected chi connectivity index (χ4v) is 4.01. The first-order valence-corrected chi connectivity index (χ1v) is 9.27. The van der Waals surface area contributed by atoms with Gasteiger partial charge in [0.1, 0.15) is 0 Å². The Morgan fingerprint density at radius 2 is 2.04 bits per heavy atom. The van der Waals surface area contributed by atoms with Crippen molar-refractivity contribution in [1.29, 1.82) is 0 Å². The number of likely N-dealkylation sites (tertiary alicyclic amines) is 1. The summed E-state index contributed by atoms with van der Waals surface area (Å²) in [6.45, 7) is 1.93. The summed E-state index contributed by atoms with van der Waals surface area (Å²) in [4.78, 5) is 23.7. The van der Waals surface area contributed by atoms with Crippen molar-refractivity contribution in [3.8, 4) is 12.3 Å². The van der Waals surface area contributed by atoms with Crippen LogP contribution in [-0.2, 0) is 11.2 Å². The second-order valence-corrected chi connectivity index (χ2v) is 7.46. The molecule has 0 unspecified atom stereocenters. The van der Waals surface area contributed by atoms with Gasteiger partial charge in [-0.25, -0.2) is 9.97 Å². The zero-order valence-corrected chi connectivity index (χ0v) is 14.1. The van der Waals surface area contributed by atoms with Crippen molar-refractivity contribution >= 4 is 23.2 Å². The maximum absolute atomic E-state index is 12.4. The van der Waals surface area contributed by atoms with Gasteiger partial charge < -0.3 is 4.90 Å². The van der Waals surface area contributed by atoms with Crippen molar-refractivity contribution in [3.05, 3.63) is 23.0 Å². The smallest absolute Gasteiger partial charge is 0.187 e. The molecule has 4 nitrogen and oxygen atoms in total. The number of Topliss-reactive ketones (excluding diaryl/α,β-unsaturated/α-hetero) is 1. The second-order valence-electron chi connectivity index (χ2n) is 6.69. The molecule has 2 fully saturated rings. The number of allylic oxidation sites excluding steroid dienone is 1. The number of terminal acetylenes is 1. The van der Waals surface area contributed by atoms with E-state index in [0.717, 1.165) is 35.2 Å². The highest BCUT2D eigenvalue weighted by Crippen LogP contribution is 2.54. The molecule has 0 aromatic carbocycles. The first-order valence-electron chi connectivity index (χ1n) is 8.05. The van der Waals surface area contributed by atoms with Gasteiger partial charge in [-0.3, -0.25) is 4.79 Å². The number of nitrogens with zero attached hydrogens (tertiary/aromatic N) is 3. The van der Waals surface area contributed by atoms with Gasteiger partial charge in [0.15, 0.2) is 10.9 Å². The Bertz CT molecular complexity index is 748. The van der Waals surface area contributed by atoms with Crippen molar-refractivity contribution in [2.45, 2.75) is 37.3 Å². The number of fused-ring (bicyclic) bond motifs is 1. The molecule has 1 saturated carbocycles. The van der Waals surface area contributed by atoms with Crippen molar-refractivity contribution in [2.75, 3.05) is 19.3 Å². The number of thioether (sulfide) groups is 1. The monoisotopic (exact) mass is 325 g/mol. The van der Waals surface area contributed by atoms with Gasteiger partial charge in [-0.05, 0) is 37.4 Å². The summed E-state index contributed by atoms with van der Waals surface area (Å²) in [6.07, 6.45) is 14.8. The molecule has 1 saturated heterocycles. The molecule has 1 aromatic heterocycles. The Kier molecular flexibility index (Phi) is 3.46. The molecular formula is C18H19N3OS. The number of aromatic nitrogens is 2. The maximum Gasteiger partial charge on any atom is 0.187 e. The van der Waals surface area contributed by atoms with Gasteiger partial charge in [-0.15, -0.1) is 6.42 Å². The maximum atomic E-state index is 12.4. The minimum Gasteiger partial charge on any atom is -0.369 e. The largest absolute Gasteiger partial charge is 0.369 e. The van der Waals surface area contributed by atoms with E-state index < -0.39 is 0 Å². The molecule has 23 heavy (non-hydrogen) atoms. The summed E-state index contributed by atoms with van der Waals surface area (Å²) in [5.41, 5.74) is 3.71. The quantitative estimate of drug-likeness (QED) is 0.475. The fourth-order valence-electron chi connectivity index (χ4n) is 3.67. The number of carbonyl (C=O) groups excluding carboxylic acids is 1. The van der Waals surface area contributed by atoms with Crippen molar-refractivity contribution in [1.82, 2.24) is 14.9 Å². The van der Waals surface area contributed by atoms with Crippen LogP contribution in [0.3, 0.4) is 0 Å². The summed E-state index contributed by atoms with van der Waals surface area (Å²) in [5, 5.41) is 0.725. The van der Waals surface area contributed by atoms with E-state index in [-0.39, 0.29) is 5.78 Å². The topological polar surface area (TPSA) is 46.1 Å². The third kappa shape index (κ3) is 2.46. The number of ketones is 1. The Balaban J connectivity index is 1.77. The summed E-state index contributed by atoms with van der Waals surface area (Å²) in [5.74, 6) is 2.65. The van der Waals surface area contributed by atoms with Crippen LogP contribution in [-0.4, -0.2) is 40.0 Å². The minimum atomic E-state index is 0.0159. The summed E-state index contributed by atoms with van der Waals surface area (Å²) in [6, 6.07) is 0. The molecule has 3 aliphatic rings. The number of rotatable bonds is 2. The van der Waals surface area contributed by atoms with Gasteiger partial charge in [0, 0.05) is 31.3 Å². The molecule has 1 spiro atoms. The predicted molar refractivity (Wildman–Crippen MR) is 90.8 cm³/mol. The average Bonchev–Trinajstić information content (AvgIpc) is 3.33. The van der Waals surface area contributed by atoms with Crippen LogP contribution in [0.15, 0.2) is 16.9 Å². The highest BCUT2D eigenvalue weighted by atomic mass is 32.2. The lowest BCUT2D eigenvalue weighted by Crippen LogP contribution is -2.36. The molecule has 2 heterocycles. The number of hydrogen-bond donors (Lipinski definition) is 0. The van der Waals surface area contributed by atoms with Crippen molar-refractivity contribution in [2.24, 2.45) is 5.41 Å². The Hall–Kier alpha value is -1.80. The van der Waals surface area contributed by atoms with Gasteiger partial charge in [0.05, 0.1) is 17.0 Å². The van der Waals surface area contributed by atoms with Crippen molar-refractivity contribution < 1.29 is 4.79 Å². The highest BCUT2D eigenvalue weighted by Gasteiger charge is 2.45. The van der Waals surface area contributed by atoms with Crippen molar-refractivity contribution in [3.63, 3.8) is 0 Å². The lowest BCUT2D eigenvalue weighted by Gasteiger charge is -2.37. The molecule has 5 heteroatoms. The van der Waals surface area contributed by atoms with Gasteiger partial charge in [-0.1, -0.05) is 17.7 Å². The minimum absolute atomic E-state index is 0.0159. The van der Waals surface area contributed by atoms with E-state index in [2.05, 4.69) is 20.8 Å². The third-order valence-electron chi connectivity index (χ3n) is 5.36. The lowest BCUT2D eigenvalue weighted by molar-refractivity contribution is -0.114. The molecule has 0 atom stereocenters. The van der Waals surface area contributed by atoms with Crippen LogP contribution < -0.4 is 0 Å². The molecule has 0 bridgehead atoms. The van der Waals surface area contributed by atoms with Crippen LogP contribution in [0.4, 0.5) is 0 Å². The SMILES string of the molecule is C#CC1=C(N2CCC3(CC2)CC3)c2nc(SC)ncc2CC1=O. The fraction of sp³-hybridized carbons (Fsp3) is 0.500. The molecule has 0 radical (unpaired) electrons. The van der Waals surface area contributed by atoms with Gasteiger partial charge in [-0.2, -0.15) is 0 Å². The molecule has 4 rings (SSSR count). The first-order chi connectivity index (χ1) is 11.2. The van der Waals surface area contributed by atoms with Crippen LogP contribution >= 0.6 is 11.8 Å². The van der Waals surface area contributed by atoms with Crippen LogP contribution in [0.5, 0.6) is 0 Å². The van der Waals surface area contributed by atoms with E-state index in [0.29, 0.717) is 17.4 Å². The number of hydrogen-bond acceptors (Lipinski definition) is 5. The van der Waals surface area contributed by atoms with E-state index in [1.807, 2.05) is 6.26 Å². The van der Waals surface area contributed by atoms with Gasteiger partial charge in [0.25, 0.3) is 0 Å². The molecule has 0 N–H and O–H groups in total. The van der Waals surface area contributed by atoms with E-state index in [9.17, 15) is 4.79 Å². The molecule has 1 aromatic rings. The van der Waals surface area contributed by atoms with Crippen LogP contribution in [0.2, 0.25) is 0 Å². The van der Waals surface area contributed by atoms with E-state index in [4.69, 9.17) is 6.42 Å². The third-order valence-corrected chi connectivity index (χ3v) is 5.92.